The summed E-state index contributed by atoms with van der Waals surface area (Å²) in [5.74, 6) is 0.590. The molecule has 0 spiro atoms. The van der Waals surface area contributed by atoms with Gasteiger partial charge in [-0.2, -0.15) is 13.2 Å². The molecule has 1 fully saturated rings. The number of alkyl halides is 3. The van der Waals surface area contributed by atoms with Gasteiger partial charge in [0.1, 0.15) is 0 Å². The van der Waals surface area contributed by atoms with Gasteiger partial charge in [-0.05, 0) is 28.8 Å². The lowest BCUT2D eigenvalue weighted by molar-refractivity contribution is -0.137. The molecule has 0 aromatic heterocycles. The Balaban J connectivity index is 0.00000341. The number of morpholine rings is 1. The van der Waals surface area contributed by atoms with Crippen LogP contribution >= 0.6 is 24.0 Å². The summed E-state index contributed by atoms with van der Waals surface area (Å²) in [6.45, 7) is 5.42. The van der Waals surface area contributed by atoms with Crippen LogP contribution in [0.25, 0.3) is 0 Å². The highest BCUT2D eigenvalue weighted by molar-refractivity contribution is 14.0. The Morgan fingerprint density at radius 1 is 0.903 bits per heavy atom. The molecule has 170 valence electrons. The predicted molar refractivity (Wildman–Crippen MR) is 126 cm³/mol. The molecule has 1 saturated heterocycles. The zero-order chi connectivity index (χ0) is 21.4. The minimum Gasteiger partial charge on any atom is -0.379 e. The van der Waals surface area contributed by atoms with E-state index in [0.717, 1.165) is 56.1 Å². The Morgan fingerprint density at radius 3 is 1.87 bits per heavy atom. The molecular formula is C22H28F3IN4O. The molecule has 0 atom stereocenters. The van der Waals surface area contributed by atoms with E-state index in [1.165, 1.54) is 17.7 Å². The van der Waals surface area contributed by atoms with Gasteiger partial charge in [0.2, 0.25) is 0 Å². The zero-order valence-electron chi connectivity index (χ0n) is 17.4. The summed E-state index contributed by atoms with van der Waals surface area (Å²) in [6, 6.07) is 13.6. The third kappa shape index (κ3) is 8.30. The van der Waals surface area contributed by atoms with Crippen molar-refractivity contribution in [3.05, 3.63) is 70.8 Å². The van der Waals surface area contributed by atoms with Crippen molar-refractivity contribution in [2.24, 2.45) is 4.99 Å². The van der Waals surface area contributed by atoms with E-state index in [1.54, 1.807) is 7.05 Å². The summed E-state index contributed by atoms with van der Waals surface area (Å²) >= 11 is 0. The van der Waals surface area contributed by atoms with Crippen LogP contribution in [-0.4, -0.2) is 44.2 Å². The van der Waals surface area contributed by atoms with Crippen LogP contribution in [-0.2, 0) is 30.5 Å². The van der Waals surface area contributed by atoms with E-state index in [9.17, 15) is 13.2 Å². The van der Waals surface area contributed by atoms with Gasteiger partial charge in [0.15, 0.2) is 5.96 Å². The first-order chi connectivity index (χ1) is 14.4. The number of ether oxygens (including phenoxy) is 1. The molecule has 9 heteroatoms. The fourth-order valence-electron chi connectivity index (χ4n) is 3.18. The summed E-state index contributed by atoms with van der Waals surface area (Å²) in [7, 11) is 1.66. The van der Waals surface area contributed by atoms with Crippen molar-refractivity contribution < 1.29 is 17.9 Å². The van der Waals surface area contributed by atoms with Crippen LogP contribution in [0.15, 0.2) is 53.5 Å². The van der Waals surface area contributed by atoms with Gasteiger partial charge >= 0.3 is 6.18 Å². The molecular weight excluding hydrogens is 520 g/mol. The van der Waals surface area contributed by atoms with Crippen molar-refractivity contribution in [3.63, 3.8) is 0 Å². The second-order valence-corrected chi connectivity index (χ2v) is 7.18. The van der Waals surface area contributed by atoms with Crippen LogP contribution in [0.5, 0.6) is 0 Å². The third-order valence-corrected chi connectivity index (χ3v) is 4.96. The average Bonchev–Trinajstić information content (AvgIpc) is 2.75. The van der Waals surface area contributed by atoms with Crippen molar-refractivity contribution >= 4 is 29.9 Å². The molecule has 0 amide bonds. The minimum atomic E-state index is -4.32. The molecule has 1 aliphatic rings. The Morgan fingerprint density at radius 2 is 1.39 bits per heavy atom. The van der Waals surface area contributed by atoms with Gasteiger partial charge in [-0.3, -0.25) is 9.89 Å². The number of hydrogen-bond donors (Lipinski definition) is 2. The molecule has 31 heavy (non-hydrogen) atoms. The van der Waals surface area contributed by atoms with E-state index in [1.807, 2.05) is 0 Å². The highest BCUT2D eigenvalue weighted by Gasteiger charge is 2.29. The molecule has 0 aliphatic carbocycles. The number of rotatable bonds is 6. The number of halogens is 4. The van der Waals surface area contributed by atoms with E-state index in [-0.39, 0.29) is 24.0 Å². The molecule has 3 rings (SSSR count). The summed E-state index contributed by atoms with van der Waals surface area (Å²) < 4.78 is 43.3. The molecule has 1 aliphatic heterocycles. The Bertz CT molecular complexity index is 820. The highest BCUT2D eigenvalue weighted by atomic mass is 127. The first-order valence-corrected chi connectivity index (χ1v) is 9.92. The smallest absolute Gasteiger partial charge is 0.379 e. The van der Waals surface area contributed by atoms with E-state index in [2.05, 4.69) is 44.8 Å². The zero-order valence-corrected chi connectivity index (χ0v) is 19.7. The summed E-state index contributed by atoms with van der Waals surface area (Å²) in [6.07, 6.45) is -4.32. The number of benzene rings is 2. The van der Waals surface area contributed by atoms with Gasteiger partial charge in [0.25, 0.3) is 0 Å². The average molecular weight is 548 g/mol. The largest absolute Gasteiger partial charge is 0.416 e. The lowest BCUT2D eigenvalue weighted by Crippen LogP contribution is -2.36. The first kappa shape index (κ1) is 25.4. The summed E-state index contributed by atoms with van der Waals surface area (Å²) in [5, 5.41) is 6.34. The molecule has 2 N–H and O–H groups in total. The van der Waals surface area contributed by atoms with Crippen molar-refractivity contribution in [2.45, 2.75) is 25.8 Å². The van der Waals surface area contributed by atoms with E-state index in [4.69, 9.17) is 4.74 Å². The van der Waals surface area contributed by atoms with Crippen LogP contribution in [0.2, 0.25) is 0 Å². The van der Waals surface area contributed by atoms with Crippen LogP contribution in [0.1, 0.15) is 22.3 Å². The number of guanidine groups is 1. The van der Waals surface area contributed by atoms with Crippen molar-refractivity contribution in [3.8, 4) is 0 Å². The highest BCUT2D eigenvalue weighted by Crippen LogP contribution is 2.29. The maximum absolute atomic E-state index is 12.6. The molecule has 5 nitrogen and oxygen atoms in total. The lowest BCUT2D eigenvalue weighted by atomic mass is 10.1. The van der Waals surface area contributed by atoms with Crippen LogP contribution in [0.3, 0.4) is 0 Å². The van der Waals surface area contributed by atoms with Crippen LogP contribution in [0.4, 0.5) is 13.2 Å². The van der Waals surface area contributed by atoms with Gasteiger partial charge in [-0.1, -0.05) is 36.4 Å². The van der Waals surface area contributed by atoms with Crippen LogP contribution in [0, 0.1) is 0 Å². The molecule has 0 unspecified atom stereocenters. The monoisotopic (exact) mass is 548 g/mol. The number of nitrogens with one attached hydrogen (secondary N) is 2. The standard InChI is InChI=1S/C22H27F3N4O.HI/c1-26-21(28-15-18-6-8-20(9-7-18)22(23,24)25)27-14-17-2-4-19(5-3-17)16-29-10-12-30-13-11-29;/h2-9H,10-16H2,1H3,(H2,26,27,28);1H. The van der Waals surface area contributed by atoms with Gasteiger partial charge in [-0.25, -0.2) is 0 Å². The van der Waals surface area contributed by atoms with Crippen molar-refractivity contribution in [2.75, 3.05) is 33.4 Å². The number of aliphatic imine (C=N–C) groups is 1. The maximum atomic E-state index is 12.6. The van der Waals surface area contributed by atoms with Gasteiger partial charge < -0.3 is 15.4 Å². The quantitative estimate of drug-likeness (QED) is 0.326. The summed E-state index contributed by atoms with van der Waals surface area (Å²) in [5.41, 5.74) is 2.49. The fourth-order valence-corrected chi connectivity index (χ4v) is 3.18. The normalized spacial score (nSPS) is 15.3. The third-order valence-electron chi connectivity index (χ3n) is 4.96. The van der Waals surface area contributed by atoms with Crippen LogP contribution < -0.4 is 10.6 Å². The molecule has 2 aromatic rings. The second-order valence-electron chi connectivity index (χ2n) is 7.18. The SMILES string of the molecule is CN=C(NCc1ccc(CN2CCOCC2)cc1)NCc1ccc(C(F)(F)F)cc1.I. The number of hydrogen-bond acceptors (Lipinski definition) is 3. The predicted octanol–water partition coefficient (Wildman–Crippen LogP) is 4.02. The lowest BCUT2D eigenvalue weighted by Gasteiger charge is -2.26. The Labute approximate surface area is 198 Å². The topological polar surface area (TPSA) is 48.9 Å². The van der Waals surface area contributed by atoms with Gasteiger partial charge in [-0.15, -0.1) is 24.0 Å². The van der Waals surface area contributed by atoms with Crippen molar-refractivity contribution in [1.29, 1.82) is 0 Å². The summed E-state index contributed by atoms with van der Waals surface area (Å²) in [4.78, 5) is 6.54. The van der Waals surface area contributed by atoms with Gasteiger partial charge in [0.05, 0.1) is 18.8 Å². The minimum absolute atomic E-state index is 0. The molecule has 0 bridgehead atoms. The first-order valence-electron chi connectivity index (χ1n) is 9.92. The molecule has 0 saturated carbocycles. The number of nitrogens with zero attached hydrogens (tertiary/aromatic N) is 2. The second kappa shape index (κ2) is 12.3. The molecule has 2 aromatic carbocycles. The fraction of sp³-hybridized carbons (Fsp3) is 0.409. The Hall–Kier alpha value is -1.85. The van der Waals surface area contributed by atoms with Gasteiger partial charge in [0, 0.05) is 39.8 Å². The maximum Gasteiger partial charge on any atom is 0.416 e. The van der Waals surface area contributed by atoms with Crippen molar-refractivity contribution in [1.82, 2.24) is 15.5 Å². The van der Waals surface area contributed by atoms with E-state index < -0.39 is 11.7 Å². The molecule has 0 radical (unpaired) electrons. The van der Waals surface area contributed by atoms with E-state index >= 15 is 0 Å². The van der Waals surface area contributed by atoms with E-state index in [0.29, 0.717) is 19.0 Å². The molecule has 1 heterocycles. The Kier molecular flexibility index (Phi) is 10.0.